The molecule has 10 rings (SSSR count). The van der Waals surface area contributed by atoms with Crippen LogP contribution in [0.3, 0.4) is 0 Å². The number of alkyl carbamates (subject to hydrolysis) is 1. The highest BCUT2D eigenvalue weighted by atomic mass is 16.7. The molecule has 5 fully saturated rings. The zero-order valence-electron chi connectivity index (χ0n) is 84.7. The van der Waals surface area contributed by atoms with Gasteiger partial charge in [0, 0.05) is 98.1 Å². The van der Waals surface area contributed by atoms with Crippen LogP contribution in [0.2, 0.25) is 0 Å². The lowest BCUT2D eigenvalue weighted by Crippen LogP contribution is -2.64. The van der Waals surface area contributed by atoms with Gasteiger partial charge in [-0.2, -0.15) is 0 Å². The van der Waals surface area contributed by atoms with Gasteiger partial charge >= 0.3 is 36.0 Å². The van der Waals surface area contributed by atoms with Crippen LogP contribution in [0.5, 0.6) is 11.5 Å². The molecule has 5 aromatic rings. The summed E-state index contributed by atoms with van der Waals surface area (Å²) in [5.74, 6) is -18.5. The van der Waals surface area contributed by atoms with Crippen molar-refractivity contribution in [3.8, 4) is 11.5 Å². The van der Waals surface area contributed by atoms with Crippen LogP contribution in [-0.2, 0) is 112 Å². The Bertz CT molecular complexity index is 5660. The number of carbonyl (C=O) groups excluding carboxylic acids is 20. The number of para-hydroxylation sites is 2. The van der Waals surface area contributed by atoms with Gasteiger partial charge in [0.1, 0.15) is 60.5 Å². The first-order chi connectivity index (χ1) is 69.2. The van der Waals surface area contributed by atoms with E-state index in [1.807, 2.05) is 0 Å². The van der Waals surface area contributed by atoms with Crippen LogP contribution >= 0.6 is 0 Å². The van der Waals surface area contributed by atoms with Crippen LogP contribution in [-0.4, -0.2) is 337 Å². The first kappa shape index (κ1) is 113. The summed E-state index contributed by atoms with van der Waals surface area (Å²) >= 11 is 0. The highest BCUT2D eigenvalue weighted by Gasteiger charge is 2.57. The van der Waals surface area contributed by atoms with E-state index in [-0.39, 0.29) is 81.0 Å². The summed E-state index contributed by atoms with van der Waals surface area (Å²) in [5, 5.41) is 27.5. The molecule has 1 aliphatic carbocycles. The highest BCUT2D eigenvalue weighted by Crippen LogP contribution is 2.36. The van der Waals surface area contributed by atoms with Crippen molar-refractivity contribution in [2.75, 3.05) is 99.5 Å². The smallest absolute Gasteiger partial charge is 0.408 e. The van der Waals surface area contributed by atoms with Crippen LogP contribution in [0.25, 0.3) is 21.8 Å². The number of urea groups is 1. The third-order valence-corrected chi connectivity index (χ3v) is 25.4. The van der Waals surface area contributed by atoms with Gasteiger partial charge in [-0.15, -0.1) is 0 Å². The number of amides is 17. The summed E-state index contributed by atoms with van der Waals surface area (Å²) in [6.07, 6.45) is -5.92. The van der Waals surface area contributed by atoms with E-state index in [4.69, 9.17) is 48.6 Å². The van der Waals surface area contributed by atoms with Crippen LogP contribution in [0.15, 0.2) is 84.9 Å². The molecule has 792 valence electrons. The first-order valence-electron chi connectivity index (χ1n) is 48.6. The Balaban J connectivity index is 0.929. The van der Waals surface area contributed by atoms with Crippen molar-refractivity contribution in [2.45, 2.75) is 244 Å². The summed E-state index contributed by atoms with van der Waals surface area (Å²) < 4.78 is 45.9. The minimum atomic E-state index is -2.05. The van der Waals surface area contributed by atoms with E-state index in [0.717, 1.165) is 53.9 Å². The largest absolute Gasteiger partial charge is 0.486 e. The second kappa shape index (κ2) is 52.0. The lowest BCUT2D eigenvalue weighted by Gasteiger charge is -2.43. The van der Waals surface area contributed by atoms with Crippen LogP contribution in [0.4, 0.5) is 15.3 Å². The molecule has 0 unspecified atom stereocenters. The van der Waals surface area contributed by atoms with E-state index in [1.54, 1.807) is 121 Å². The molecule has 4 aliphatic heterocycles. The Morgan fingerprint density at radius 3 is 1.55 bits per heavy atom. The topological polar surface area (TPSA) is 607 Å². The summed E-state index contributed by atoms with van der Waals surface area (Å²) in [6.45, 7) is 9.71. The van der Waals surface area contributed by atoms with Gasteiger partial charge < -0.3 is 126 Å². The molecule has 17 amide bonds. The number of nitrogens with zero attached hydrogens (tertiary/aromatic N) is 8. The lowest BCUT2D eigenvalue weighted by atomic mass is 9.82. The summed E-state index contributed by atoms with van der Waals surface area (Å²) in [6, 6.07) is 10.0. The number of likely N-dealkylation sites (N-methyl/N-ethyl adjacent to an activating group) is 4. The number of fused-ring (bicyclic) bond motifs is 4. The maximum absolute atomic E-state index is 15.7. The predicted molar refractivity (Wildman–Crippen MR) is 521 cm³/mol. The van der Waals surface area contributed by atoms with Gasteiger partial charge in [-0.1, -0.05) is 95.5 Å². The number of aromatic nitrogens is 2. The molecule has 1 saturated carbocycles. The number of carbonyl (C=O) groups is 20. The number of esters is 4. The van der Waals surface area contributed by atoms with Crippen molar-refractivity contribution in [1.29, 1.82) is 0 Å². The molecule has 3 aromatic carbocycles. The van der Waals surface area contributed by atoms with Crippen LogP contribution in [0, 0.1) is 17.8 Å². The lowest BCUT2D eigenvalue weighted by molar-refractivity contribution is -0.282. The molecule has 2 aromatic heterocycles. The molecule has 5 aliphatic rings. The number of nitrogens with one attached hydrogen (secondary N) is 10. The van der Waals surface area contributed by atoms with Gasteiger partial charge in [0.15, 0.2) is 41.2 Å². The van der Waals surface area contributed by atoms with Crippen molar-refractivity contribution in [1.82, 2.24) is 87.2 Å². The third kappa shape index (κ3) is 30.8. The van der Waals surface area contributed by atoms with E-state index in [9.17, 15) is 71.9 Å². The van der Waals surface area contributed by atoms with Crippen molar-refractivity contribution in [3.05, 3.63) is 102 Å². The Labute approximate surface area is 843 Å². The van der Waals surface area contributed by atoms with E-state index in [2.05, 4.69) is 58.2 Å². The summed E-state index contributed by atoms with van der Waals surface area (Å²) in [4.78, 5) is 301. The van der Waals surface area contributed by atoms with Crippen molar-refractivity contribution in [3.63, 3.8) is 0 Å². The highest BCUT2D eigenvalue weighted by molar-refractivity contribution is 6.04. The maximum Gasteiger partial charge on any atom is 0.408 e. The number of hydrogen-bond donors (Lipinski definition) is 11. The minimum absolute atomic E-state index is 0.0203. The molecule has 12 N–H and O–H groups in total. The first-order valence-corrected chi connectivity index (χ1v) is 48.6. The number of piperidine rings is 2. The van der Waals surface area contributed by atoms with Crippen molar-refractivity contribution < 1.29 is 134 Å². The number of pyridine rings is 2. The van der Waals surface area contributed by atoms with Crippen LogP contribution < -0.4 is 68.4 Å². The molecule has 47 nitrogen and oxygen atoms in total. The fraction of sp³-hybridized carbons (Fsp3) is 0.556. The average molecular weight is 2040 g/mol. The number of nitrogens with two attached hydrogens (primary N) is 1. The van der Waals surface area contributed by atoms with E-state index >= 15 is 24.0 Å². The van der Waals surface area contributed by atoms with Gasteiger partial charge in [-0.05, 0) is 145 Å². The molecule has 47 heteroatoms. The molecule has 146 heavy (non-hydrogen) atoms. The molecular weight excluding hydrogens is 1900 g/mol. The molecule has 0 bridgehead atoms. The monoisotopic (exact) mass is 2040 g/mol. The van der Waals surface area contributed by atoms with E-state index < -0.39 is 272 Å². The van der Waals surface area contributed by atoms with Gasteiger partial charge in [0.25, 0.3) is 11.8 Å². The molecule has 4 saturated heterocycles. The number of rotatable bonds is 25. The summed E-state index contributed by atoms with van der Waals surface area (Å²) in [7, 11) is 6.16. The number of anilines is 1. The Kier molecular flexibility index (Phi) is 40.3. The normalized spacial score (nSPS) is 22.6. The van der Waals surface area contributed by atoms with E-state index in [1.165, 1.54) is 50.1 Å². The molecule has 0 spiro atoms. The minimum Gasteiger partial charge on any atom is -0.486 e. The quantitative estimate of drug-likeness (QED) is 0.0225. The van der Waals surface area contributed by atoms with E-state index in [0.29, 0.717) is 66.8 Å². The van der Waals surface area contributed by atoms with Gasteiger partial charge in [-0.25, -0.2) is 24.4 Å². The fourth-order valence-electron chi connectivity index (χ4n) is 17.9. The molecule has 0 radical (unpaired) electrons. The SMILES string of the molecule is COC(=O)[C@H]1O[C@@H](Oc2cc3ccccc3nc2C(=O)N[C@@H]2CNC(=O)[C@H](C(C)C)N(C)C(=O)CN(C)C(=O)CNC(=O)[C@@H]3CCCCN3C(=O)[C@@H](NC(=O)c3nc4ccccc4cc3OCc3ccc(NC(=O)[C@H](CCCNC(N)=O)NC(=O)[C@@H](NC(=O)OC(C)(C)C)C(C)C)cc3)CNC(=O)[C@H](C3CCCCC3)N(C)C(=O)CN(C)C(=O)CNC(=O)[C@@H]3CCCCN3C2=O)[C@H](OC(C)=O)[C@@H](OC(C)=O)[C@@H]1OC(C)=O. The second-order valence-electron chi connectivity index (χ2n) is 38.3. The third-order valence-electron chi connectivity index (χ3n) is 25.4. The van der Waals surface area contributed by atoms with Crippen LogP contribution in [0.1, 0.15) is 179 Å². The average Bonchev–Trinajstić information content (AvgIpc) is 0.761. The Hall–Kier alpha value is -15.0. The number of benzene rings is 3. The van der Waals surface area contributed by atoms with Gasteiger partial charge in [0.2, 0.25) is 83.3 Å². The summed E-state index contributed by atoms with van der Waals surface area (Å²) in [5.41, 5.74) is 4.65. The van der Waals surface area contributed by atoms with Gasteiger partial charge in [0.05, 0.1) is 44.3 Å². The molecule has 13 atom stereocenters. The maximum atomic E-state index is 15.7. The molecular formula is C99H133N19O28. The predicted octanol–water partition coefficient (Wildman–Crippen LogP) is 1.80. The second-order valence-corrected chi connectivity index (χ2v) is 38.3. The zero-order valence-corrected chi connectivity index (χ0v) is 84.7. The number of hydrogen-bond acceptors (Lipinski definition) is 30. The molecule has 6 heterocycles. The number of ether oxygens (including phenoxy) is 8. The Morgan fingerprint density at radius 2 is 1.05 bits per heavy atom. The fourth-order valence-corrected chi connectivity index (χ4v) is 17.9. The van der Waals surface area contributed by atoms with Crippen molar-refractivity contribution in [2.24, 2.45) is 23.5 Å². The zero-order chi connectivity index (χ0) is 107. The number of methoxy groups -OCH3 is 1. The van der Waals surface area contributed by atoms with Crippen molar-refractivity contribution >= 4 is 146 Å². The van der Waals surface area contributed by atoms with Gasteiger partial charge in [-0.3, -0.25) is 81.5 Å². The number of primary amides is 1. The Morgan fingerprint density at radius 1 is 0.555 bits per heavy atom. The standard InChI is InChI=1S/C99H133N19O28/c1-53(2)76(112-98(138)146-99(8,9)10)88(129)109-65(34-27-41-101-97(100)137)85(126)106-62-39-37-58(38-40-62)52-140-70-44-60-30-19-21-32-63(60)107-77(70)89(130)110-67-47-103-92(133)80(59-28-17-16-18-29-59)116(14)75(125)51-114(12)73(123)49-105-86(127)68-35-23-25-42-117(68)93(134)66(46-102-91(132)79(54(3)4)115(13)74(124)50-113(11)72(122)48-104-87(128)69-36-24-26-43-118(69)94(67)135)111-90(131)78-71(45-61-31-20-22-33-64(61)108-78)144-96-84(143-57(7)121)82(142-56(6)120)81(141-55(5)119)83(145-96)95(136)139-15/h19-22,30-33,37-40,44-45,53-54,59,65-69,76,79-84,96H,16-18,23-29,34-36,41-43,46-52H2,1-15H3,(H,102,132)(H,103,133)(H,104,128)(H,105,127)(H,106,126)(H,109,129)(H,110,130)(H,111,131)(H,112,138)(H3,100,101,137)/t65-,66+,67-,68-,69-,76-,79-,80-,81-,82-,83-,84+,96+/m0/s1.